The second-order valence-electron chi connectivity index (χ2n) is 6.58. The van der Waals surface area contributed by atoms with Crippen molar-refractivity contribution in [3.05, 3.63) is 0 Å². The zero-order valence-corrected chi connectivity index (χ0v) is 13.6. The highest BCUT2D eigenvalue weighted by molar-refractivity contribution is 4.85. The maximum atomic E-state index is 5.84. The van der Waals surface area contributed by atoms with E-state index in [0.717, 1.165) is 19.1 Å². The largest absolute Gasteiger partial charge is 0.377 e. The van der Waals surface area contributed by atoms with E-state index < -0.39 is 0 Å². The zero-order chi connectivity index (χ0) is 14.2. The summed E-state index contributed by atoms with van der Waals surface area (Å²) in [5.41, 5.74) is 0. The van der Waals surface area contributed by atoms with Crippen LogP contribution in [-0.4, -0.2) is 49.8 Å². The van der Waals surface area contributed by atoms with Crippen LogP contribution in [0.15, 0.2) is 0 Å². The summed E-state index contributed by atoms with van der Waals surface area (Å²) in [5, 5.41) is 3.82. The molecule has 1 saturated carbocycles. The van der Waals surface area contributed by atoms with Crippen molar-refractivity contribution in [1.82, 2.24) is 10.2 Å². The summed E-state index contributed by atoms with van der Waals surface area (Å²) < 4.78 is 5.84. The first-order valence-electron chi connectivity index (χ1n) is 8.90. The lowest BCUT2D eigenvalue weighted by Gasteiger charge is -2.36. The summed E-state index contributed by atoms with van der Waals surface area (Å²) in [7, 11) is 0. The van der Waals surface area contributed by atoms with Crippen LogP contribution in [0.5, 0.6) is 0 Å². The Labute approximate surface area is 125 Å². The maximum Gasteiger partial charge on any atom is 0.0702 e. The Hall–Kier alpha value is -0.120. The zero-order valence-electron chi connectivity index (χ0n) is 13.6. The summed E-state index contributed by atoms with van der Waals surface area (Å²) in [6.45, 7) is 10.1. The number of likely N-dealkylation sites (tertiary alicyclic amines) is 1. The molecule has 0 radical (unpaired) electrons. The molecule has 20 heavy (non-hydrogen) atoms. The maximum absolute atomic E-state index is 5.84. The van der Waals surface area contributed by atoms with Crippen LogP contribution in [0, 0.1) is 5.92 Å². The van der Waals surface area contributed by atoms with Gasteiger partial charge in [0.15, 0.2) is 0 Å². The second-order valence-corrected chi connectivity index (χ2v) is 6.58. The van der Waals surface area contributed by atoms with Gasteiger partial charge in [0.1, 0.15) is 0 Å². The van der Waals surface area contributed by atoms with Gasteiger partial charge in [0.2, 0.25) is 0 Å². The molecule has 2 fully saturated rings. The fourth-order valence-electron chi connectivity index (χ4n) is 3.90. The van der Waals surface area contributed by atoms with Crippen molar-refractivity contribution in [3.63, 3.8) is 0 Å². The molecule has 2 atom stereocenters. The number of nitrogens with zero attached hydrogens (tertiary/aromatic N) is 1. The molecule has 0 bridgehead atoms. The van der Waals surface area contributed by atoms with E-state index in [0.29, 0.717) is 12.1 Å². The summed E-state index contributed by atoms with van der Waals surface area (Å²) in [6, 6.07) is 0.706. The molecule has 0 amide bonds. The first-order chi connectivity index (χ1) is 9.83. The van der Waals surface area contributed by atoms with Crippen molar-refractivity contribution in [3.8, 4) is 0 Å². The number of ether oxygens (including phenoxy) is 1. The third kappa shape index (κ3) is 5.01. The van der Waals surface area contributed by atoms with Gasteiger partial charge in [-0.15, -0.1) is 0 Å². The highest BCUT2D eigenvalue weighted by atomic mass is 16.5. The quantitative estimate of drug-likeness (QED) is 0.740. The van der Waals surface area contributed by atoms with Gasteiger partial charge < -0.3 is 10.1 Å². The molecule has 0 aromatic carbocycles. The molecule has 1 aliphatic heterocycles. The van der Waals surface area contributed by atoms with Crippen molar-refractivity contribution < 1.29 is 4.74 Å². The van der Waals surface area contributed by atoms with Crippen LogP contribution in [-0.2, 0) is 4.74 Å². The lowest BCUT2D eigenvalue weighted by atomic mass is 9.96. The van der Waals surface area contributed by atoms with Crippen molar-refractivity contribution in [2.45, 2.75) is 70.9 Å². The molecule has 1 heterocycles. The Morgan fingerprint density at radius 2 is 1.95 bits per heavy atom. The van der Waals surface area contributed by atoms with Crippen molar-refractivity contribution >= 4 is 0 Å². The van der Waals surface area contributed by atoms with Crippen LogP contribution in [0.2, 0.25) is 0 Å². The van der Waals surface area contributed by atoms with Gasteiger partial charge in [0.05, 0.1) is 6.10 Å². The van der Waals surface area contributed by atoms with Crippen LogP contribution in [0.1, 0.15) is 58.8 Å². The first kappa shape index (κ1) is 16.3. The molecule has 3 nitrogen and oxygen atoms in total. The number of rotatable bonds is 8. The fourth-order valence-corrected chi connectivity index (χ4v) is 3.90. The third-order valence-corrected chi connectivity index (χ3v) is 4.94. The Bertz CT molecular complexity index is 251. The average Bonchev–Trinajstić information content (AvgIpc) is 2.98. The smallest absolute Gasteiger partial charge is 0.0702 e. The third-order valence-electron chi connectivity index (χ3n) is 4.94. The Balaban J connectivity index is 1.82. The predicted octanol–water partition coefficient (Wildman–Crippen LogP) is 3.05. The normalized spacial score (nSPS) is 27.0. The van der Waals surface area contributed by atoms with Crippen LogP contribution >= 0.6 is 0 Å². The van der Waals surface area contributed by atoms with Crippen LogP contribution < -0.4 is 5.32 Å². The molecule has 0 aromatic heterocycles. The Kier molecular flexibility index (Phi) is 7.32. The first-order valence-corrected chi connectivity index (χ1v) is 8.90. The van der Waals surface area contributed by atoms with E-state index in [1.165, 1.54) is 64.6 Å². The highest BCUT2D eigenvalue weighted by Gasteiger charge is 2.28. The lowest BCUT2D eigenvalue weighted by molar-refractivity contribution is 0.00174. The van der Waals surface area contributed by atoms with E-state index >= 15 is 0 Å². The van der Waals surface area contributed by atoms with E-state index in [9.17, 15) is 0 Å². The van der Waals surface area contributed by atoms with Crippen LogP contribution in [0.4, 0.5) is 0 Å². The van der Waals surface area contributed by atoms with E-state index in [2.05, 4.69) is 24.1 Å². The van der Waals surface area contributed by atoms with E-state index in [-0.39, 0.29) is 0 Å². The van der Waals surface area contributed by atoms with E-state index in [4.69, 9.17) is 4.74 Å². The van der Waals surface area contributed by atoms with Gasteiger partial charge in [0, 0.05) is 25.7 Å². The average molecular weight is 282 g/mol. The number of piperidine rings is 1. The van der Waals surface area contributed by atoms with Gasteiger partial charge in [-0.25, -0.2) is 0 Å². The van der Waals surface area contributed by atoms with Gasteiger partial charge in [-0.2, -0.15) is 0 Å². The van der Waals surface area contributed by atoms with Crippen LogP contribution in [0.25, 0.3) is 0 Å². The van der Waals surface area contributed by atoms with Crippen molar-refractivity contribution in [2.24, 2.45) is 5.92 Å². The van der Waals surface area contributed by atoms with E-state index in [1.807, 2.05) is 0 Å². The molecule has 0 spiro atoms. The highest BCUT2D eigenvalue weighted by Crippen LogP contribution is 2.28. The van der Waals surface area contributed by atoms with Gasteiger partial charge in [0.25, 0.3) is 0 Å². The second kappa shape index (κ2) is 9.01. The minimum atomic E-state index is 0.476. The molecule has 1 aliphatic carbocycles. The molecule has 1 N–H and O–H groups in total. The molecular weight excluding hydrogens is 248 g/mol. The topological polar surface area (TPSA) is 24.5 Å². The molecule has 1 saturated heterocycles. The van der Waals surface area contributed by atoms with Crippen molar-refractivity contribution in [2.75, 3.05) is 32.8 Å². The summed E-state index contributed by atoms with van der Waals surface area (Å²) >= 11 is 0. The number of hydrogen-bond acceptors (Lipinski definition) is 3. The molecular formula is C17H34N2O. The minimum Gasteiger partial charge on any atom is -0.377 e. The minimum absolute atomic E-state index is 0.476. The Morgan fingerprint density at radius 3 is 2.65 bits per heavy atom. The monoisotopic (exact) mass is 282 g/mol. The van der Waals surface area contributed by atoms with Crippen LogP contribution in [0.3, 0.4) is 0 Å². The molecule has 2 rings (SSSR count). The number of hydrogen-bond donors (Lipinski definition) is 1. The van der Waals surface area contributed by atoms with E-state index in [1.54, 1.807) is 0 Å². The summed E-state index contributed by atoms with van der Waals surface area (Å²) in [4.78, 5) is 2.65. The molecule has 118 valence electrons. The van der Waals surface area contributed by atoms with Gasteiger partial charge in [-0.05, 0) is 58.0 Å². The SMILES string of the molecule is CCCNC(CN1CCCC(OCC)C1)C1CCCC1. The lowest BCUT2D eigenvalue weighted by Crippen LogP contribution is -2.49. The Morgan fingerprint density at radius 1 is 1.15 bits per heavy atom. The molecule has 3 heteroatoms. The van der Waals surface area contributed by atoms with Gasteiger partial charge in [-0.1, -0.05) is 19.8 Å². The molecule has 2 unspecified atom stereocenters. The molecule has 2 aliphatic rings. The number of nitrogens with one attached hydrogen (secondary N) is 1. The summed E-state index contributed by atoms with van der Waals surface area (Å²) in [6.07, 6.45) is 10.0. The molecule has 0 aromatic rings. The fraction of sp³-hybridized carbons (Fsp3) is 1.00. The van der Waals surface area contributed by atoms with Gasteiger partial charge in [-0.3, -0.25) is 4.90 Å². The van der Waals surface area contributed by atoms with Gasteiger partial charge >= 0.3 is 0 Å². The summed E-state index contributed by atoms with van der Waals surface area (Å²) in [5.74, 6) is 0.911. The standard InChI is InChI=1S/C17H34N2O/c1-3-11-18-17(15-8-5-6-9-15)14-19-12-7-10-16(13-19)20-4-2/h15-18H,3-14H2,1-2H3. The van der Waals surface area contributed by atoms with Crippen molar-refractivity contribution in [1.29, 1.82) is 0 Å². The predicted molar refractivity (Wildman–Crippen MR) is 85.1 cm³/mol.